The Balaban J connectivity index is 2.83. The van der Waals surface area contributed by atoms with Crippen LogP contribution in [0.25, 0.3) is 0 Å². The molecule has 0 radical (unpaired) electrons. The van der Waals surface area contributed by atoms with Crippen molar-refractivity contribution >= 4 is 11.7 Å². The van der Waals surface area contributed by atoms with Crippen LogP contribution in [0.4, 0.5) is 5.69 Å². The first-order chi connectivity index (χ1) is 8.95. The minimum absolute atomic E-state index is 0.330. The maximum atomic E-state index is 11.7. The molecule has 0 saturated carbocycles. The maximum absolute atomic E-state index is 11.7. The summed E-state index contributed by atoms with van der Waals surface area (Å²) in [4.78, 5) is 13.8. The molecule has 1 aromatic rings. The Hall–Kier alpha value is -1.59. The molecule has 1 aromatic carbocycles. The van der Waals surface area contributed by atoms with E-state index in [-0.39, 0.29) is 6.10 Å². The van der Waals surface area contributed by atoms with E-state index < -0.39 is 5.97 Å². The van der Waals surface area contributed by atoms with E-state index in [0.717, 1.165) is 12.1 Å². The van der Waals surface area contributed by atoms with Gasteiger partial charge in [-0.1, -0.05) is 12.1 Å². The standard InChI is InChI=1S/C14H22N2O3/c1-10(17)7-8-16(2)9-11-5-4-6-12(15)13(11)14(18)19-3/h4-6,10,17H,7-9,15H2,1-3H3. The molecule has 1 unspecified atom stereocenters. The summed E-state index contributed by atoms with van der Waals surface area (Å²) in [7, 11) is 3.28. The summed E-state index contributed by atoms with van der Waals surface area (Å²) in [5.41, 5.74) is 7.52. The van der Waals surface area contributed by atoms with Crippen molar-refractivity contribution in [3.8, 4) is 0 Å². The van der Waals surface area contributed by atoms with Gasteiger partial charge in [0.25, 0.3) is 0 Å². The van der Waals surface area contributed by atoms with Crippen LogP contribution in [0.2, 0.25) is 0 Å². The normalized spacial score (nSPS) is 12.5. The number of rotatable bonds is 6. The zero-order chi connectivity index (χ0) is 14.4. The summed E-state index contributed by atoms with van der Waals surface area (Å²) < 4.78 is 4.76. The van der Waals surface area contributed by atoms with Crippen LogP contribution in [0.1, 0.15) is 29.3 Å². The number of nitrogen functional groups attached to an aromatic ring is 1. The third-order valence-electron chi connectivity index (χ3n) is 2.94. The van der Waals surface area contributed by atoms with Gasteiger partial charge >= 0.3 is 5.97 Å². The molecular weight excluding hydrogens is 244 g/mol. The smallest absolute Gasteiger partial charge is 0.340 e. The van der Waals surface area contributed by atoms with Gasteiger partial charge in [-0.15, -0.1) is 0 Å². The number of carbonyl (C=O) groups excluding carboxylic acids is 1. The maximum Gasteiger partial charge on any atom is 0.340 e. The molecular formula is C14H22N2O3. The van der Waals surface area contributed by atoms with Gasteiger partial charge in [0, 0.05) is 18.8 Å². The van der Waals surface area contributed by atoms with Gasteiger partial charge < -0.3 is 20.5 Å². The van der Waals surface area contributed by atoms with Crippen LogP contribution in [-0.2, 0) is 11.3 Å². The number of benzene rings is 1. The predicted octanol–water partition coefficient (Wildman–Crippen LogP) is 1.26. The molecule has 0 aliphatic heterocycles. The number of aliphatic hydroxyl groups excluding tert-OH is 1. The monoisotopic (exact) mass is 266 g/mol. The highest BCUT2D eigenvalue weighted by molar-refractivity contribution is 5.96. The summed E-state index contributed by atoms with van der Waals surface area (Å²) >= 11 is 0. The third-order valence-corrected chi connectivity index (χ3v) is 2.94. The number of hydrogen-bond donors (Lipinski definition) is 2. The molecule has 106 valence electrons. The molecule has 19 heavy (non-hydrogen) atoms. The molecule has 0 spiro atoms. The lowest BCUT2D eigenvalue weighted by Crippen LogP contribution is -2.23. The fraction of sp³-hybridized carbons (Fsp3) is 0.500. The summed E-state index contributed by atoms with van der Waals surface area (Å²) in [6.45, 7) is 3.09. The largest absolute Gasteiger partial charge is 0.465 e. The summed E-state index contributed by atoms with van der Waals surface area (Å²) in [6.07, 6.45) is 0.357. The van der Waals surface area contributed by atoms with E-state index in [1.54, 1.807) is 13.0 Å². The lowest BCUT2D eigenvalue weighted by molar-refractivity contribution is 0.0599. The minimum Gasteiger partial charge on any atom is -0.465 e. The van der Waals surface area contributed by atoms with E-state index in [1.807, 2.05) is 24.1 Å². The van der Waals surface area contributed by atoms with Crippen LogP contribution in [-0.4, -0.2) is 42.8 Å². The molecule has 0 aliphatic carbocycles. The van der Waals surface area contributed by atoms with Crippen molar-refractivity contribution in [2.45, 2.75) is 26.0 Å². The second kappa shape index (κ2) is 7.11. The average molecular weight is 266 g/mol. The molecule has 0 amide bonds. The van der Waals surface area contributed by atoms with Crippen molar-refractivity contribution in [2.75, 3.05) is 26.4 Å². The highest BCUT2D eigenvalue weighted by atomic mass is 16.5. The molecule has 0 heterocycles. The first-order valence-corrected chi connectivity index (χ1v) is 6.28. The van der Waals surface area contributed by atoms with Gasteiger partial charge in [0.1, 0.15) is 0 Å². The van der Waals surface area contributed by atoms with Gasteiger partial charge in [0.15, 0.2) is 0 Å². The van der Waals surface area contributed by atoms with Crippen molar-refractivity contribution in [2.24, 2.45) is 0 Å². The Morgan fingerprint density at radius 1 is 1.53 bits per heavy atom. The molecule has 0 saturated heterocycles. The SMILES string of the molecule is COC(=O)c1c(N)cccc1CN(C)CCC(C)O. The van der Waals surface area contributed by atoms with E-state index in [9.17, 15) is 9.90 Å². The molecule has 0 bridgehead atoms. The molecule has 1 atom stereocenters. The number of esters is 1. The first-order valence-electron chi connectivity index (χ1n) is 6.28. The fourth-order valence-electron chi connectivity index (χ4n) is 1.88. The predicted molar refractivity (Wildman–Crippen MR) is 74.8 cm³/mol. The van der Waals surface area contributed by atoms with Gasteiger partial charge in [-0.25, -0.2) is 4.79 Å². The number of hydrogen-bond acceptors (Lipinski definition) is 5. The molecule has 0 aliphatic rings. The molecule has 0 fully saturated rings. The fourth-order valence-corrected chi connectivity index (χ4v) is 1.88. The lowest BCUT2D eigenvalue weighted by atomic mass is 10.0. The molecule has 1 rings (SSSR count). The Kier molecular flexibility index (Phi) is 5.79. The number of aliphatic hydroxyl groups is 1. The summed E-state index contributed by atoms with van der Waals surface area (Å²) in [5, 5.41) is 9.27. The molecule has 5 heteroatoms. The van der Waals surface area contributed by atoms with Crippen LogP contribution >= 0.6 is 0 Å². The van der Waals surface area contributed by atoms with Crippen molar-refractivity contribution in [1.82, 2.24) is 4.90 Å². The zero-order valence-corrected chi connectivity index (χ0v) is 11.7. The number of ether oxygens (including phenoxy) is 1. The third kappa shape index (κ3) is 4.54. The van der Waals surface area contributed by atoms with Crippen LogP contribution in [0, 0.1) is 0 Å². The highest BCUT2D eigenvalue weighted by Crippen LogP contribution is 2.19. The Morgan fingerprint density at radius 2 is 2.21 bits per heavy atom. The van der Waals surface area contributed by atoms with Crippen LogP contribution in [0.15, 0.2) is 18.2 Å². The summed E-state index contributed by atoms with van der Waals surface area (Å²) in [5.74, 6) is -0.419. The Morgan fingerprint density at radius 3 is 2.79 bits per heavy atom. The molecule has 5 nitrogen and oxygen atoms in total. The molecule has 0 aromatic heterocycles. The average Bonchev–Trinajstić information content (AvgIpc) is 2.36. The Labute approximate surface area is 114 Å². The van der Waals surface area contributed by atoms with E-state index in [4.69, 9.17) is 10.5 Å². The summed E-state index contributed by atoms with van der Waals surface area (Å²) in [6, 6.07) is 5.37. The highest BCUT2D eigenvalue weighted by Gasteiger charge is 2.16. The van der Waals surface area contributed by atoms with E-state index in [1.165, 1.54) is 7.11 Å². The number of nitrogens with zero attached hydrogens (tertiary/aromatic N) is 1. The van der Waals surface area contributed by atoms with Gasteiger partial charge in [-0.05, 0) is 32.0 Å². The topological polar surface area (TPSA) is 75.8 Å². The Bertz CT molecular complexity index is 433. The van der Waals surface area contributed by atoms with E-state index >= 15 is 0 Å². The zero-order valence-electron chi connectivity index (χ0n) is 11.7. The van der Waals surface area contributed by atoms with Crippen LogP contribution in [0.5, 0.6) is 0 Å². The van der Waals surface area contributed by atoms with Crippen molar-refractivity contribution in [1.29, 1.82) is 0 Å². The van der Waals surface area contributed by atoms with Gasteiger partial charge in [-0.2, -0.15) is 0 Å². The second-order valence-corrected chi connectivity index (χ2v) is 4.75. The van der Waals surface area contributed by atoms with Crippen molar-refractivity contribution in [3.63, 3.8) is 0 Å². The number of carbonyl (C=O) groups is 1. The lowest BCUT2D eigenvalue weighted by Gasteiger charge is -2.19. The van der Waals surface area contributed by atoms with Crippen LogP contribution < -0.4 is 5.73 Å². The van der Waals surface area contributed by atoms with Crippen molar-refractivity contribution < 1.29 is 14.6 Å². The van der Waals surface area contributed by atoms with Gasteiger partial charge in [0.05, 0.1) is 18.8 Å². The number of nitrogens with two attached hydrogens (primary N) is 1. The second-order valence-electron chi connectivity index (χ2n) is 4.75. The minimum atomic E-state index is -0.419. The quantitative estimate of drug-likeness (QED) is 0.599. The van der Waals surface area contributed by atoms with Gasteiger partial charge in [-0.3, -0.25) is 0 Å². The van der Waals surface area contributed by atoms with Crippen molar-refractivity contribution in [3.05, 3.63) is 29.3 Å². The first kappa shape index (κ1) is 15.5. The van der Waals surface area contributed by atoms with Gasteiger partial charge in [0.2, 0.25) is 0 Å². The number of methoxy groups -OCH3 is 1. The van der Waals surface area contributed by atoms with E-state index in [2.05, 4.69) is 0 Å². The van der Waals surface area contributed by atoms with Crippen LogP contribution in [0.3, 0.4) is 0 Å². The molecule has 3 N–H and O–H groups in total. The van der Waals surface area contributed by atoms with E-state index in [0.29, 0.717) is 24.2 Å². The number of anilines is 1.